The van der Waals surface area contributed by atoms with Gasteiger partial charge < -0.3 is 9.80 Å². The predicted molar refractivity (Wildman–Crippen MR) is 130 cm³/mol. The summed E-state index contributed by atoms with van der Waals surface area (Å²) in [6.45, 7) is 5.61. The summed E-state index contributed by atoms with van der Waals surface area (Å²) in [7, 11) is -3.22. The second kappa shape index (κ2) is 11.9. The zero-order valence-electron chi connectivity index (χ0n) is 20.0. The highest BCUT2D eigenvalue weighted by atomic mass is 32.2. The molecule has 0 aromatic heterocycles. The van der Waals surface area contributed by atoms with E-state index < -0.39 is 10.0 Å². The van der Waals surface area contributed by atoms with Gasteiger partial charge in [0, 0.05) is 51.9 Å². The number of carbonyl (C=O) groups excluding carboxylic acids is 2. The van der Waals surface area contributed by atoms with Crippen molar-refractivity contribution in [2.24, 2.45) is 0 Å². The molecule has 9 heteroatoms. The van der Waals surface area contributed by atoms with Crippen molar-refractivity contribution in [2.75, 3.05) is 57.0 Å². The fourth-order valence-corrected chi connectivity index (χ4v) is 5.51. The summed E-state index contributed by atoms with van der Waals surface area (Å²) in [5, 5.41) is 0. The molecule has 2 aliphatic rings. The average Bonchev–Trinajstić information content (AvgIpc) is 2.79. The maximum absolute atomic E-state index is 13.1. The van der Waals surface area contributed by atoms with Crippen LogP contribution in [0.15, 0.2) is 24.3 Å². The minimum absolute atomic E-state index is 0.0355. The number of piperazine rings is 1. The lowest BCUT2D eigenvalue weighted by Crippen LogP contribution is -2.52. The van der Waals surface area contributed by atoms with Crippen LogP contribution in [0, 0.1) is 0 Å². The second-order valence-electron chi connectivity index (χ2n) is 9.17. The van der Waals surface area contributed by atoms with Gasteiger partial charge in [0.2, 0.25) is 21.8 Å². The summed E-state index contributed by atoms with van der Waals surface area (Å²) >= 11 is 0. The summed E-state index contributed by atoms with van der Waals surface area (Å²) in [5.41, 5.74) is 1.99. The molecule has 1 aromatic rings. The normalized spacial score (nSPS) is 20.3. The van der Waals surface area contributed by atoms with Crippen molar-refractivity contribution in [2.45, 2.75) is 52.0 Å². The highest BCUT2D eigenvalue weighted by Crippen LogP contribution is 2.24. The molecule has 0 bridgehead atoms. The Hall–Kier alpha value is -1.97. The lowest BCUT2D eigenvalue weighted by Gasteiger charge is -2.35. The third-order valence-corrected chi connectivity index (χ3v) is 7.88. The Kier molecular flexibility index (Phi) is 9.28. The number of rotatable bonds is 3. The van der Waals surface area contributed by atoms with E-state index in [1.54, 1.807) is 11.8 Å². The molecular weight excluding hydrogens is 440 g/mol. The number of sulfonamides is 1. The first kappa shape index (κ1) is 25.6. The maximum atomic E-state index is 13.1. The molecule has 3 rings (SSSR count). The van der Waals surface area contributed by atoms with Gasteiger partial charge in [-0.2, -0.15) is 4.31 Å². The van der Waals surface area contributed by atoms with Gasteiger partial charge in [-0.05, 0) is 31.0 Å². The van der Waals surface area contributed by atoms with Crippen LogP contribution in [-0.4, -0.2) is 86.4 Å². The monoisotopic (exact) mass is 478 g/mol. The van der Waals surface area contributed by atoms with E-state index in [4.69, 9.17) is 0 Å². The molecule has 33 heavy (non-hydrogen) atoms. The fraction of sp³-hybridized carbons (Fsp3) is 0.667. The molecule has 0 aliphatic carbocycles. The van der Waals surface area contributed by atoms with Crippen molar-refractivity contribution >= 4 is 27.5 Å². The van der Waals surface area contributed by atoms with Gasteiger partial charge in [0.1, 0.15) is 0 Å². The first-order chi connectivity index (χ1) is 15.8. The van der Waals surface area contributed by atoms with Gasteiger partial charge >= 0.3 is 0 Å². The maximum Gasteiger partial charge on any atom is 0.236 e. The fourth-order valence-electron chi connectivity index (χ4n) is 4.68. The number of hydrogen-bond acceptors (Lipinski definition) is 5. The number of fused-ring (bicyclic) bond motifs is 1. The van der Waals surface area contributed by atoms with E-state index in [1.807, 2.05) is 29.2 Å². The molecule has 0 saturated carbocycles. The Morgan fingerprint density at radius 3 is 2.09 bits per heavy atom. The van der Waals surface area contributed by atoms with E-state index in [2.05, 4.69) is 4.90 Å². The minimum atomic E-state index is -3.22. The van der Waals surface area contributed by atoms with Crippen LogP contribution in [0.4, 0.5) is 5.69 Å². The lowest BCUT2D eigenvalue weighted by atomic mass is 10.1. The largest absolute Gasteiger partial charge is 0.339 e. The number of amides is 2. The number of anilines is 1. The van der Waals surface area contributed by atoms with Crippen LogP contribution in [0.3, 0.4) is 0 Å². The van der Waals surface area contributed by atoms with Crippen LogP contribution in [0.5, 0.6) is 0 Å². The SMILES string of the molecule is CC(=O)N1CCCCCCCCN(CC(=O)N2CCN(S(C)(=O)=O)CC2)Cc2ccccc21. The summed E-state index contributed by atoms with van der Waals surface area (Å²) in [5.74, 6) is 0.0806. The van der Waals surface area contributed by atoms with Crippen LogP contribution >= 0.6 is 0 Å². The topological polar surface area (TPSA) is 81.2 Å². The molecule has 0 atom stereocenters. The average molecular weight is 479 g/mol. The highest BCUT2D eigenvalue weighted by molar-refractivity contribution is 7.88. The van der Waals surface area contributed by atoms with Crippen molar-refractivity contribution in [1.82, 2.24) is 14.1 Å². The Morgan fingerprint density at radius 1 is 0.848 bits per heavy atom. The molecule has 184 valence electrons. The smallest absolute Gasteiger partial charge is 0.236 e. The van der Waals surface area contributed by atoms with Crippen LogP contribution in [-0.2, 0) is 26.2 Å². The quantitative estimate of drug-likeness (QED) is 0.666. The summed E-state index contributed by atoms with van der Waals surface area (Å²) in [4.78, 5) is 31.3. The summed E-state index contributed by atoms with van der Waals surface area (Å²) in [6.07, 6.45) is 7.83. The van der Waals surface area contributed by atoms with Crippen molar-refractivity contribution < 1.29 is 18.0 Å². The van der Waals surface area contributed by atoms with Gasteiger partial charge in [0.25, 0.3) is 0 Å². The predicted octanol–water partition coefficient (Wildman–Crippen LogP) is 2.30. The summed E-state index contributed by atoms with van der Waals surface area (Å²) < 4.78 is 25.0. The zero-order valence-corrected chi connectivity index (χ0v) is 20.9. The Balaban J connectivity index is 1.73. The second-order valence-corrected chi connectivity index (χ2v) is 11.2. The Labute approximate surface area is 198 Å². The van der Waals surface area contributed by atoms with Crippen LogP contribution in [0.1, 0.15) is 51.0 Å². The number of benzene rings is 1. The number of nitrogens with zero attached hydrogens (tertiary/aromatic N) is 4. The van der Waals surface area contributed by atoms with E-state index >= 15 is 0 Å². The number of hydrogen-bond donors (Lipinski definition) is 0. The molecule has 0 N–H and O–H groups in total. The lowest BCUT2D eigenvalue weighted by molar-refractivity contribution is -0.133. The molecular formula is C24H38N4O4S. The molecule has 2 aliphatic heterocycles. The van der Waals surface area contributed by atoms with Crippen LogP contribution in [0.25, 0.3) is 0 Å². The highest BCUT2D eigenvalue weighted by Gasteiger charge is 2.27. The molecule has 1 saturated heterocycles. The summed E-state index contributed by atoms with van der Waals surface area (Å²) in [6, 6.07) is 8.00. The van der Waals surface area contributed by atoms with E-state index in [-0.39, 0.29) is 11.8 Å². The van der Waals surface area contributed by atoms with Gasteiger partial charge in [0.05, 0.1) is 12.8 Å². The number of para-hydroxylation sites is 1. The van der Waals surface area contributed by atoms with Crippen molar-refractivity contribution in [1.29, 1.82) is 0 Å². The van der Waals surface area contributed by atoms with Crippen molar-refractivity contribution in [3.8, 4) is 0 Å². The molecule has 1 fully saturated rings. The molecule has 1 aromatic carbocycles. The van der Waals surface area contributed by atoms with Crippen LogP contribution in [0.2, 0.25) is 0 Å². The molecule has 2 heterocycles. The van der Waals surface area contributed by atoms with Crippen LogP contribution < -0.4 is 4.90 Å². The van der Waals surface area contributed by atoms with Crippen molar-refractivity contribution in [3.63, 3.8) is 0 Å². The van der Waals surface area contributed by atoms with Gasteiger partial charge in [0.15, 0.2) is 0 Å². The van der Waals surface area contributed by atoms with Gasteiger partial charge in [-0.3, -0.25) is 14.5 Å². The third kappa shape index (κ3) is 7.52. The first-order valence-corrected chi connectivity index (χ1v) is 13.9. The molecule has 2 amide bonds. The number of carbonyl (C=O) groups is 2. The molecule has 8 nitrogen and oxygen atoms in total. The van der Waals surface area contributed by atoms with Crippen molar-refractivity contribution in [3.05, 3.63) is 29.8 Å². The van der Waals surface area contributed by atoms with Gasteiger partial charge in [-0.1, -0.05) is 43.9 Å². The minimum Gasteiger partial charge on any atom is -0.339 e. The van der Waals surface area contributed by atoms with E-state index in [0.29, 0.717) is 39.3 Å². The van der Waals surface area contributed by atoms with Gasteiger partial charge in [-0.25, -0.2) is 8.42 Å². The Morgan fingerprint density at radius 2 is 1.45 bits per heavy atom. The molecule has 0 radical (unpaired) electrons. The van der Waals surface area contributed by atoms with Gasteiger partial charge in [-0.15, -0.1) is 0 Å². The van der Waals surface area contributed by atoms with E-state index in [1.165, 1.54) is 17.0 Å². The zero-order chi connectivity index (χ0) is 23.8. The third-order valence-electron chi connectivity index (χ3n) is 6.58. The molecule has 0 unspecified atom stereocenters. The van der Waals surface area contributed by atoms with E-state index in [9.17, 15) is 18.0 Å². The molecule has 0 spiro atoms. The standard InChI is InChI=1S/C24H38N4O4S/c1-21(29)28-14-10-6-4-3-5-9-13-25(19-22-11-7-8-12-23(22)28)20-24(30)26-15-17-27(18-16-26)33(2,31)32/h7-8,11-12H,3-6,9-10,13-20H2,1-2H3. The van der Waals surface area contributed by atoms with E-state index in [0.717, 1.165) is 56.4 Å². The first-order valence-electron chi connectivity index (χ1n) is 12.1. The Bertz CT molecular complexity index is 913.